The van der Waals surface area contributed by atoms with Crippen LogP contribution in [0.3, 0.4) is 0 Å². The van der Waals surface area contributed by atoms with Gasteiger partial charge < -0.3 is 9.67 Å². The molecule has 116 valence electrons. The molecular weight excluding hydrogens is 310 g/mol. The summed E-state index contributed by atoms with van der Waals surface area (Å²) in [6.45, 7) is 4.45. The van der Waals surface area contributed by atoms with E-state index < -0.39 is 10.0 Å². The van der Waals surface area contributed by atoms with E-state index in [1.807, 2.05) is 19.2 Å². The maximum Gasteiger partial charge on any atom is 0.244 e. The number of rotatable bonds is 6. The van der Waals surface area contributed by atoms with Gasteiger partial charge >= 0.3 is 0 Å². The van der Waals surface area contributed by atoms with E-state index in [0.29, 0.717) is 12.2 Å². The Labute approximate surface area is 128 Å². The first-order chi connectivity index (χ1) is 9.88. The Morgan fingerprint density at radius 1 is 1.48 bits per heavy atom. The molecule has 0 aromatic carbocycles. The third-order valence-corrected chi connectivity index (χ3v) is 5.81. The molecule has 2 aromatic heterocycles. The van der Waals surface area contributed by atoms with Crippen LogP contribution in [0.5, 0.6) is 0 Å². The van der Waals surface area contributed by atoms with E-state index in [-0.39, 0.29) is 18.0 Å². The Morgan fingerprint density at radius 3 is 2.67 bits per heavy atom. The van der Waals surface area contributed by atoms with Crippen molar-refractivity contribution in [1.29, 1.82) is 0 Å². The maximum atomic E-state index is 12.5. The topological polar surface area (TPSA) is 75.4 Å². The summed E-state index contributed by atoms with van der Waals surface area (Å²) in [5, 5.41) is 12.0. The predicted octanol–water partition coefficient (Wildman–Crippen LogP) is 1.59. The quantitative estimate of drug-likeness (QED) is 0.873. The molecule has 0 saturated carbocycles. The molecule has 0 aliphatic carbocycles. The van der Waals surface area contributed by atoms with E-state index in [0.717, 1.165) is 10.7 Å². The smallest absolute Gasteiger partial charge is 0.244 e. The molecule has 0 bridgehead atoms. The SMILES string of the molecule is CCn1cc(S(=O)(=O)N(C)Cc2csc(C)n2)cc1CO. The summed E-state index contributed by atoms with van der Waals surface area (Å²) in [5.74, 6) is 0. The van der Waals surface area contributed by atoms with Crippen molar-refractivity contribution in [3.8, 4) is 0 Å². The number of aryl methyl sites for hydroxylation is 2. The lowest BCUT2D eigenvalue weighted by molar-refractivity contribution is 0.271. The first-order valence-electron chi connectivity index (χ1n) is 6.55. The first-order valence-corrected chi connectivity index (χ1v) is 8.87. The van der Waals surface area contributed by atoms with Gasteiger partial charge in [-0.25, -0.2) is 13.4 Å². The number of nitrogens with zero attached hydrogens (tertiary/aromatic N) is 3. The van der Waals surface area contributed by atoms with E-state index in [1.165, 1.54) is 28.8 Å². The number of aromatic nitrogens is 2. The highest BCUT2D eigenvalue weighted by atomic mass is 32.2. The predicted molar refractivity (Wildman–Crippen MR) is 81.5 cm³/mol. The molecule has 21 heavy (non-hydrogen) atoms. The molecule has 0 atom stereocenters. The number of thiazole rings is 1. The van der Waals surface area contributed by atoms with Crippen LogP contribution < -0.4 is 0 Å². The molecule has 2 rings (SSSR count). The maximum absolute atomic E-state index is 12.5. The molecule has 1 N–H and O–H groups in total. The van der Waals surface area contributed by atoms with Crippen molar-refractivity contribution in [3.05, 3.63) is 34.0 Å². The Balaban J connectivity index is 2.26. The highest BCUT2D eigenvalue weighted by Gasteiger charge is 2.24. The monoisotopic (exact) mass is 329 g/mol. The van der Waals surface area contributed by atoms with E-state index >= 15 is 0 Å². The van der Waals surface area contributed by atoms with Crippen molar-refractivity contribution in [3.63, 3.8) is 0 Å². The molecule has 0 amide bonds. The van der Waals surface area contributed by atoms with Crippen LogP contribution in [0.4, 0.5) is 0 Å². The largest absolute Gasteiger partial charge is 0.390 e. The molecule has 0 unspecified atom stereocenters. The van der Waals surface area contributed by atoms with Crippen molar-refractivity contribution >= 4 is 21.4 Å². The van der Waals surface area contributed by atoms with Crippen LogP contribution >= 0.6 is 11.3 Å². The Hall–Kier alpha value is -1.22. The fraction of sp³-hybridized carbons (Fsp3) is 0.462. The van der Waals surface area contributed by atoms with Crippen molar-refractivity contribution in [2.75, 3.05) is 7.05 Å². The molecule has 0 aliphatic rings. The van der Waals surface area contributed by atoms with Gasteiger partial charge in [-0.3, -0.25) is 0 Å². The van der Waals surface area contributed by atoms with Gasteiger partial charge in [-0.2, -0.15) is 4.31 Å². The standard InChI is InChI=1S/C13H19N3O3S2/c1-4-16-7-13(5-12(16)8-17)21(18,19)15(3)6-11-9-20-10(2)14-11/h5,7,9,17H,4,6,8H2,1-3H3. The molecule has 0 saturated heterocycles. The van der Waals surface area contributed by atoms with Crippen LogP contribution in [0.25, 0.3) is 0 Å². The van der Waals surface area contributed by atoms with Gasteiger partial charge in [-0.1, -0.05) is 0 Å². The lowest BCUT2D eigenvalue weighted by Crippen LogP contribution is -2.26. The minimum atomic E-state index is -3.58. The minimum Gasteiger partial charge on any atom is -0.390 e. The van der Waals surface area contributed by atoms with Gasteiger partial charge in [0.2, 0.25) is 10.0 Å². The molecule has 2 aromatic rings. The summed E-state index contributed by atoms with van der Waals surface area (Å²) in [6.07, 6.45) is 1.56. The van der Waals surface area contributed by atoms with Gasteiger partial charge in [0.1, 0.15) is 4.90 Å². The van der Waals surface area contributed by atoms with Crippen LogP contribution in [-0.4, -0.2) is 34.4 Å². The Morgan fingerprint density at radius 2 is 2.19 bits per heavy atom. The molecule has 6 nitrogen and oxygen atoms in total. The first kappa shape index (κ1) is 16.2. The average molecular weight is 329 g/mol. The van der Waals surface area contributed by atoms with Crippen LogP contribution in [-0.2, 0) is 29.7 Å². The summed E-state index contributed by atoms with van der Waals surface area (Å²) in [5.41, 5.74) is 1.33. The van der Waals surface area contributed by atoms with Gasteiger partial charge in [0.15, 0.2) is 0 Å². The number of sulfonamides is 1. The second-order valence-electron chi connectivity index (χ2n) is 4.73. The average Bonchev–Trinajstić information content (AvgIpc) is 3.04. The number of hydrogen-bond donors (Lipinski definition) is 1. The molecule has 8 heteroatoms. The minimum absolute atomic E-state index is 0.182. The summed E-state index contributed by atoms with van der Waals surface area (Å²) in [6, 6.07) is 1.52. The zero-order chi connectivity index (χ0) is 15.6. The van der Waals surface area contributed by atoms with E-state index in [9.17, 15) is 13.5 Å². The molecule has 0 radical (unpaired) electrons. The Bertz CT molecular complexity index is 697. The van der Waals surface area contributed by atoms with E-state index in [1.54, 1.807) is 10.8 Å². The summed E-state index contributed by atoms with van der Waals surface area (Å²) < 4.78 is 28.1. The van der Waals surface area contributed by atoms with E-state index in [2.05, 4.69) is 4.98 Å². The van der Waals surface area contributed by atoms with Crippen molar-refractivity contribution in [2.45, 2.75) is 38.4 Å². The van der Waals surface area contributed by atoms with Gasteiger partial charge in [-0.05, 0) is 19.9 Å². The zero-order valence-corrected chi connectivity index (χ0v) is 13.9. The molecule has 0 fully saturated rings. The van der Waals surface area contributed by atoms with Gasteiger partial charge in [0.05, 0.1) is 23.9 Å². The lowest BCUT2D eigenvalue weighted by Gasteiger charge is -2.14. The molecule has 0 aliphatic heterocycles. The van der Waals surface area contributed by atoms with E-state index in [4.69, 9.17) is 0 Å². The fourth-order valence-corrected chi connectivity index (χ4v) is 3.88. The van der Waals surface area contributed by atoms with Crippen molar-refractivity contribution < 1.29 is 13.5 Å². The van der Waals surface area contributed by atoms with Crippen molar-refractivity contribution in [2.24, 2.45) is 0 Å². The molecular formula is C13H19N3O3S2. The zero-order valence-electron chi connectivity index (χ0n) is 12.3. The van der Waals surface area contributed by atoms with Crippen molar-refractivity contribution in [1.82, 2.24) is 13.9 Å². The van der Waals surface area contributed by atoms with Crippen LogP contribution in [0.15, 0.2) is 22.5 Å². The Kier molecular flexibility index (Phi) is 4.82. The second-order valence-corrected chi connectivity index (χ2v) is 7.84. The third kappa shape index (κ3) is 3.34. The number of hydrogen-bond acceptors (Lipinski definition) is 5. The van der Waals surface area contributed by atoms with Crippen LogP contribution in [0.1, 0.15) is 23.3 Å². The van der Waals surface area contributed by atoms with Crippen LogP contribution in [0, 0.1) is 6.92 Å². The number of aliphatic hydroxyl groups is 1. The normalized spacial score (nSPS) is 12.2. The second kappa shape index (κ2) is 6.27. The molecule has 2 heterocycles. The van der Waals surface area contributed by atoms with Gasteiger partial charge in [0.25, 0.3) is 0 Å². The van der Waals surface area contributed by atoms with Gasteiger partial charge in [0, 0.05) is 30.9 Å². The highest BCUT2D eigenvalue weighted by Crippen LogP contribution is 2.20. The van der Waals surface area contributed by atoms with Crippen LogP contribution in [0.2, 0.25) is 0 Å². The number of aliphatic hydroxyl groups excluding tert-OH is 1. The summed E-state index contributed by atoms with van der Waals surface area (Å²) in [4.78, 5) is 4.48. The summed E-state index contributed by atoms with van der Waals surface area (Å²) in [7, 11) is -2.05. The summed E-state index contributed by atoms with van der Waals surface area (Å²) >= 11 is 1.50. The fourth-order valence-electron chi connectivity index (χ4n) is 2.07. The molecule has 0 spiro atoms. The lowest BCUT2D eigenvalue weighted by atomic mass is 10.4. The highest BCUT2D eigenvalue weighted by molar-refractivity contribution is 7.89. The van der Waals surface area contributed by atoms with Gasteiger partial charge in [-0.15, -0.1) is 11.3 Å². The third-order valence-electron chi connectivity index (χ3n) is 3.22.